The smallest absolute Gasteiger partial charge is 0.393 e. The summed E-state index contributed by atoms with van der Waals surface area (Å²) in [5, 5.41) is 47.9. The lowest BCUT2D eigenvalue weighted by Gasteiger charge is -2.49. The van der Waals surface area contributed by atoms with E-state index in [1.165, 1.54) is 18.1 Å². The molecule has 2 aromatic heterocycles. The fourth-order valence-corrected chi connectivity index (χ4v) is 8.56. The van der Waals surface area contributed by atoms with Gasteiger partial charge in [-0.3, -0.25) is 4.52 Å². The Morgan fingerprint density at radius 2 is 2.09 bits per heavy atom. The summed E-state index contributed by atoms with van der Waals surface area (Å²) >= 11 is 4.83. The Bertz CT molecular complexity index is 1520. The maximum atomic E-state index is 14.1. The average Bonchev–Trinajstić information content (AvgIpc) is 3.56. The van der Waals surface area contributed by atoms with E-state index < -0.39 is 88.0 Å². The van der Waals surface area contributed by atoms with E-state index in [0.717, 1.165) is 0 Å². The third-order valence-electron chi connectivity index (χ3n) is 7.44. The number of aliphatic hydroxyl groups excluding tert-OH is 3. The number of phosphoric ester groups is 1. The van der Waals surface area contributed by atoms with Crippen LogP contribution in [-0.2, 0) is 43.9 Å². The number of nitrogen functional groups attached to an aromatic ring is 1. The van der Waals surface area contributed by atoms with Crippen molar-refractivity contribution in [3.8, 4) is 12.3 Å². The number of halogens is 1. The fraction of sp³-hybridized carbons (Fsp3) is 0.700. The summed E-state index contributed by atoms with van der Waals surface area (Å²) in [4.78, 5) is 28.6. The molecule has 0 aromatic carbocycles. The molecule has 8 unspecified atom stereocenters. The topological polar surface area (TPSA) is 276 Å². The molecule has 3 fully saturated rings. The molecule has 2 aliphatic heterocycles. The Labute approximate surface area is 246 Å². The second-order valence-corrected chi connectivity index (χ2v) is 14.3. The van der Waals surface area contributed by atoms with Gasteiger partial charge in [0.15, 0.2) is 40.9 Å². The maximum Gasteiger partial charge on any atom is 0.481 e. The van der Waals surface area contributed by atoms with Crippen LogP contribution in [-0.4, -0.2) is 118 Å². The molecule has 19 nitrogen and oxygen atoms in total. The number of hydrogen-bond acceptors (Lipinski definition) is 17. The maximum absolute atomic E-state index is 14.1. The Balaban J connectivity index is 1.23. The summed E-state index contributed by atoms with van der Waals surface area (Å²) in [6.07, 6.45) is -3.06. The quantitative estimate of drug-likeness (QED) is 0.0987. The van der Waals surface area contributed by atoms with Gasteiger partial charge in [-0.2, -0.15) is 4.68 Å². The highest BCUT2D eigenvalue weighted by molar-refractivity contribution is 8.08. The van der Waals surface area contributed by atoms with E-state index >= 15 is 0 Å². The van der Waals surface area contributed by atoms with Crippen molar-refractivity contribution in [3.63, 3.8) is 0 Å². The SMILES string of the molecule is C#C[C@@]1(OC)C[C@@H](COP(O)(=S)OP(=O)(O)OC2OC3(O)C2C(O)C(O)C3[C@@H](F)CO)O[C@H]1n1nnc2c(N)ncnc21. The van der Waals surface area contributed by atoms with Gasteiger partial charge in [-0.25, -0.2) is 23.2 Å². The van der Waals surface area contributed by atoms with Gasteiger partial charge in [0, 0.05) is 13.5 Å². The Hall–Kier alpha value is -1.83. The minimum Gasteiger partial charge on any atom is -0.393 e. The number of rotatable bonds is 11. The molecule has 5 rings (SSSR count). The molecule has 2 saturated heterocycles. The minimum atomic E-state index is -5.34. The van der Waals surface area contributed by atoms with Crippen LogP contribution in [0.2, 0.25) is 0 Å². The zero-order chi connectivity index (χ0) is 31.5. The van der Waals surface area contributed by atoms with Crippen LogP contribution >= 0.6 is 14.5 Å². The van der Waals surface area contributed by atoms with Crippen LogP contribution < -0.4 is 5.73 Å². The fourth-order valence-electron chi connectivity index (χ4n) is 5.44. The first-order chi connectivity index (χ1) is 20.1. The second-order valence-electron chi connectivity index (χ2n) is 9.91. The van der Waals surface area contributed by atoms with Crippen LogP contribution in [0.1, 0.15) is 12.6 Å². The molecule has 2 aromatic rings. The molecular weight excluding hydrogens is 645 g/mol. The van der Waals surface area contributed by atoms with Gasteiger partial charge in [0.1, 0.15) is 12.5 Å². The molecule has 4 heterocycles. The van der Waals surface area contributed by atoms with Crippen LogP contribution in [0.4, 0.5) is 10.2 Å². The Morgan fingerprint density at radius 1 is 1.37 bits per heavy atom. The molecule has 0 amide bonds. The number of ether oxygens (including phenoxy) is 3. The second kappa shape index (κ2) is 11.5. The summed E-state index contributed by atoms with van der Waals surface area (Å²) in [6.45, 7) is -6.21. The third kappa shape index (κ3) is 5.61. The largest absolute Gasteiger partial charge is 0.481 e. The molecule has 238 valence electrons. The Morgan fingerprint density at radius 3 is 2.74 bits per heavy atom. The van der Waals surface area contributed by atoms with E-state index in [0.29, 0.717) is 0 Å². The standard InChI is InChI=1S/C20H27FN6O13P2S/c1-3-19(35-2)4-8(37-18(19)27-16-12(25-26-27)15(22)23-7-24-16)6-36-42(34,43)40-41(32,33)39-17-11-14(30)13(29)10(9(21)5-28)20(11,31)38-17/h1,7-11,13-14,17-18,28-31H,4-6H2,2H3,(H,32,33)(H,34,43)(H2,22,23,24)/t8-,9-,10?,11?,13?,14?,17?,18+,19+,20?,42?/m0/s1. The van der Waals surface area contributed by atoms with Crippen molar-refractivity contribution in [2.75, 3.05) is 26.1 Å². The van der Waals surface area contributed by atoms with Crippen molar-refractivity contribution < 1.29 is 66.7 Å². The van der Waals surface area contributed by atoms with Crippen molar-refractivity contribution >= 4 is 43.3 Å². The van der Waals surface area contributed by atoms with E-state index in [1.54, 1.807) is 0 Å². The van der Waals surface area contributed by atoms with Crippen LogP contribution in [0, 0.1) is 24.2 Å². The molecule has 8 N–H and O–H groups in total. The van der Waals surface area contributed by atoms with Crippen molar-refractivity contribution in [1.29, 1.82) is 0 Å². The molecular formula is C20H27FN6O13P2S. The van der Waals surface area contributed by atoms with Gasteiger partial charge >= 0.3 is 14.5 Å². The molecule has 1 aliphatic carbocycles. The summed E-state index contributed by atoms with van der Waals surface area (Å²) in [7, 11) is -4.02. The lowest BCUT2D eigenvalue weighted by molar-refractivity contribution is -0.426. The molecule has 0 bridgehead atoms. The van der Waals surface area contributed by atoms with E-state index in [1.807, 2.05) is 0 Å². The van der Waals surface area contributed by atoms with Crippen molar-refractivity contribution in [2.24, 2.45) is 11.8 Å². The minimum absolute atomic E-state index is 0.0455. The van der Waals surface area contributed by atoms with E-state index in [9.17, 15) is 34.1 Å². The number of phosphoric acid groups is 1. The van der Waals surface area contributed by atoms with Crippen LogP contribution in [0.5, 0.6) is 0 Å². The molecule has 3 aliphatic rings. The number of terminal acetylenes is 1. The van der Waals surface area contributed by atoms with E-state index in [2.05, 4.69) is 30.5 Å². The van der Waals surface area contributed by atoms with Crippen molar-refractivity contribution in [1.82, 2.24) is 25.0 Å². The average molecular weight is 672 g/mol. The first kappa shape index (κ1) is 32.6. The number of anilines is 1. The molecule has 23 heteroatoms. The van der Waals surface area contributed by atoms with Gasteiger partial charge in [-0.15, -0.1) is 11.5 Å². The van der Waals surface area contributed by atoms with Crippen LogP contribution in [0.25, 0.3) is 11.2 Å². The third-order valence-corrected chi connectivity index (χ3v) is 11.0. The lowest BCUT2D eigenvalue weighted by Crippen LogP contribution is -2.64. The molecule has 43 heavy (non-hydrogen) atoms. The van der Waals surface area contributed by atoms with Gasteiger partial charge in [-0.1, -0.05) is 11.1 Å². The number of alkyl halides is 1. The number of hydrogen-bond donors (Lipinski definition) is 7. The number of aliphatic hydroxyl groups is 4. The highest BCUT2D eigenvalue weighted by atomic mass is 32.5. The first-order valence-electron chi connectivity index (χ1n) is 12.3. The van der Waals surface area contributed by atoms with Crippen LogP contribution in [0.15, 0.2) is 6.33 Å². The number of methoxy groups -OCH3 is 1. The van der Waals surface area contributed by atoms with E-state index in [4.69, 9.17) is 52.3 Å². The lowest BCUT2D eigenvalue weighted by atomic mass is 9.87. The number of nitrogens with two attached hydrogens (primary N) is 1. The predicted octanol–water partition coefficient (Wildman–Crippen LogP) is -2.18. The van der Waals surface area contributed by atoms with Gasteiger partial charge in [0.25, 0.3) is 0 Å². The molecule has 0 radical (unpaired) electrons. The van der Waals surface area contributed by atoms with Crippen LogP contribution in [0.3, 0.4) is 0 Å². The molecule has 0 spiro atoms. The Kier molecular flexibility index (Phi) is 8.72. The summed E-state index contributed by atoms with van der Waals surface area (Å²) in [5.41, 5.74) is 4.72. The number of fused-ring (bicyclic) bond motifs is 2. The highest BCUT2D eigenvalue weighted by Crippen LogP contribution is 2.65. The number of nitrogens with zero attached hydrogens (tertiary/aromatic N) is 5. The molecule has 12 atom stereocenters. The van der Waals surface area contributed by atoms with Gasteiger partial charge < -0.3 is 54.7 Å². The predicted molar refractivity (Wildman–Crippen MR) is 140 cm³/mol. The van der Waals surface area contributed by atoms with Gasteiger partial charge in [-0.05, 0) is 11.8 Å². The normalized spacial score (nSPS) is 39.0. The zero-order valence-electron chi connectivity index (χ0n) is 21.9. The monoisotopic (exact) mass is 672 g/mol. The summed E-state index contributed by atoms with van der Waals surface area (Å²) in [6, 6.07) is 0. The molecule has 1 saturated carbocycles. The highest BCUT2D eigenvalue weighted by Gasteiger charge is 2.74. The van der Waals surface area contributed by atoms with E-state index in [-0.39, 0.29) is 23.4 Å². The summed E-state index contributed by atoms with van der Waals surface area (Å²) < 4.78 is 59.1. The van der Waals surface area contributed by atoms with Gasteiger partial charge in [0.05, 0.1) is 43.4 Å². The number of aromatic nitrogens is 5. The van der Waals surface area contributed by atoms with Crippen molar-refractivity contribution in [2.45, 2.75) is 54.8 Å². The zero-order valence-corrected chi connectivity index (χ0v) is 24.5. The summed E-state index contributed by atoms with van der Waals surface area (Å²) in [5.74, 6) is -3.40. The van der Waals surface area contributed by atoms with Crippen molar-refractivity contribution in [3.05, 3.63) is 6.33 Å². The van der Waals surface area contributed by atoms with Gasteiger partial charge in [0.2, 0.25) is 0 Å². The first-order valence-corrected chi connectivity index (χ1v) is 16.4.